The van der Waals surface area contributed by atoms with Gasteiger partial charge in [0.25, 0.3) is 11.8 Å². The van der Waals surface area contributed by atoms with E-state index in [9.17, 15) is 9.59 Å². The zero-order valence-corrected chi connectivity index (χ0v) is 30.5. The van der Waals surface area contributed by atoms with Crippen LogP contribution in [-0.2, 0) is 13.2 Å². The second-order valence-electron chi connectivity index (χ2n) is 14.7. The standard InChI is InChI=1S/C42H41N5O7/c1-50-31-6-4-27(5-7-31)28-11-29-19-44-34-14-38(36(51-2)12-32(34)40(48)46(29)21-28)53-22-25-10-26(18-43-17-25)23-54-39-15-35-33(13-37(39)52-3)41(49)47-24-42(8-9-42)16-30(47)20-45-35/h4-7,10,12-15,17-18,20-21,29-30,44H,8-9,11,16,19,22-24H2,1-3H3/t29-,30-/m0/s1. The number of fused-ring (bicyclic) bond motifs is 4. The lowest BCUT2D eigenvalue weighted by molar-refractivity contribution is 0.0765. The first-order valence-electron chi connectivity index (χ1n) is 18.2. The van der Waals surface area contributed by atoms with Gasteiger partial charge in [-0.15, -0.1) is 0 Å². The number of carbonyl (C=O) groups is 2. The number of hydrogen-bond donors (Lipinski definition) is 1. The Morgan fingerprint density at radius 1 is 0.815 bits per heavy atom. The molecular formula is C42H41N5O7. The molecule has 5 aliphatic rings. The molecular weight excluding hydrogens is 686 g/mol. The smallest absolute Gasteiger partial charge is 0.260 e. The van der Waals surface area contributed by atoms with Gasteiger partial charge in [0.1, 0.15) is 19.0 Å². The van der Waals surface area contributed by atoms with Gasteiger partial charge in [0, 0.05) is 61.2 Å². The Hall–Kier alpha value is -6.04. The van der Waals surface area contributed by atoms with E-state index in [4.69, 9.17) is 28.7 Å². The molecule has 4 aliphatic heterocycles. The van der Waals surface area contributed by atoms with Crippen molar-refractivity contribution in [1.82, 2.24) is 14.8 Å². The Balaban J connectivity index is 0.876. The van der Waals surface area contributed by atoms with Gasteiger partial charge in [-0.25, -0.2) is 0 Å². The van der Waals surface area contributed by atoms with Crippen LogP contribution in [-0.4, -0.2) is 79.3 Å². The Morgan fingerprint density at radius 2 is 1.52 bits per heavy atom. The highest BCUT2D eigenvalue weighted by atomic mass is 16.5. The summed E-state index contributed by atoms with van der Waals surface area (Å²) in [4.78, 5) is 40.3. The van der Waals surface area contributed by atoms with Crippen LogP contribution in [0.1, 0.15) is 63.1 Å². The van der Waals surface area contributed by atoms with E-state index in [0.29, 0.717) is 52.0 Å². The van der Waals surface area contributed by atoms with Crippen LogP contribution in [0.25, 0.3) is 5.57 Å². The number of aliphatic imine (C=N–C) groups is 1. The third-order valence-electron chi connectivity index (χ3n) is 11.2. The molecule has 5 heterocycles. The van der Waals surface area contributed by atoms with E-state index in [1.54, 1.807) is 51.9 Å². The van der Waals surface area contributed by atoms with Crippen LogP contribution in [0.2, 0.25) is 0 Å². The normalized spacial score (nSPS) is 20.2. The van der Waals surface area contributed by atoms with Crippen LogP contribution in [0.4, 0.5) is 11.4 Å². The van der Waals surface area contributed by atoms with Crippen LogP contribution in [0.3, 0.4) is 0 Å². The average Bonchev–Trinajstić information content (AvgIpc) is 3.74. The first kappa shape index (κ1) is 33.8. The Bertz CT molecular complexity index is 2210. The van der Waals surface area contributed by atoms with Gasteiger partial charge in [-0.1, -0.05) is 12.1 Å². The molecule has 4 aromatic rings. The number of aromatic nitrogens is 1. The summed E-state index contributed by atoms with van der Waals surface area (Å²) in [6, 6.07) is 16.9. The highest BCUT2D eigenvalue weighted by Crippen LogP contribution is 2.55. The van der Waals surface area contributed by atoms with Crippen molar-refractivity contribution in [1.29, 1.82) is 0 Å². The van der Waals surface area contributed by atoms with Gasteiger partial charge in [0.2, 0.25) is 0 Å². The summed E-state index contributed by atoms with van der Waals surface area (Å²) >= 11 is 0. The summed E-state index contributed by atoms with van der Waals surface area (Å²) in [5.74, 6) is 2.61. The van der Waals surface area contributed by atoms with Gasteiger partial charge in [-0.05, 0) is 72.6 Å². The average molecular weight is 728 g/mol. The third kappa shape index (κ3) is 6.14. The monoisotopic (exact) mass is 727 g/mol. The number of hydrogen-bond acceptors (Lipinski definition) is 10. The van der Waals surface area contributed by atoms with E-state index in [1.165, 1.54) is 12.8 Å². The number of benzene rings is 3. The van der Waals surface area contributed by atoms with Gasteiger partial charge < -0.3 is 38.8 Å². The quantitative estimate of drug-likeness (QED) is 0.191. The highest BCUT2D eigenvalue weighted by molar-refractivity contribution is 6.04. The zero-order chi connectivity index (χ0) is 37.0. The van der Waals surface area contributed by atoms with Crippen molar-refractivity contribution in [2.75, 3.05) is 39.7 Å². The fourth-order valence-corrected chi connectivity index (χ4v) is 8.03. The first-order valence-corrected chi connectivity index (χ1v) is 18.2. The Labute approximate surface area is 313 Å². The van der Waals surface area contributed by atoms with Gasteiger partial charge >= 0.3 is 0 Å². The number of nitrogens with one attached hydrogen (secondary N) is 1. The van der Waals surface area contributed by atoms with Crippen molar-refractivity contribution in [2.45, 2.75) is 51.0 Å². The van der Waals surface area contributed by atoms with E-state index in [-0.39, 0.29) is 42.5 Å². The van der Waals surface area contributed by atoms with Crippen LogP contribution in [0, 0.1) is 5.41 Å². The number of pyridine rings is 1. The maximum atomic E-state index is 13.8. The predicted octanol–water partition coefficient (Wildman–Crippen LogP) is 6.66. The van der Waals surface area contributed by atoms with Gasteiger partial charge in [0.05, 0.1) is 55.9 Å². The summed E-state index contributed by atoms with van der Waals surface area (Å²) in [5.41, 5.74) is 6.42. The molecule has 3 aromatic carbocycles. The van der Waals surface area contributed by atoms with E-state index in [1.807, 2.05) is 58.6 Å². The molecule has 1 spiro atoms. The molecule has 276 valence electrons. The van der Waals surface area contributed by atoms with Crippen molar-refractivity contribution in [3.8, 4) is 28.7 Å². The van der Waals surface area contributed by atoms with Gasteiger partial charge in [-0.2, -0.15) is 0 Å². The lowest BCUT2D eigenvalue weighted by Crippen LogP contribution is -2.35. The second-order valence-corrected chi connectivity index (χ2v) is 14.7. The van der Waals surface area contributed by atoms with E-state index >= 15 is 0 Å². The topological polar surface area (TPSA) is 124 Å². The minimum Gasteiger partial charge on any atom is -0.497 e. The molecule has 2 fully saturated rings. The molecule has 0 bridgehead atoms. The molecule has 0 radical (unpaired) electrons. The van der Waals surface area contributed by atoms with Crippen LogP contribution < -0.4 is 29.0 Å². The van der Waals surface area contributed by atoms with Crippen LogP contribution in [0.5, 0.6) is 28.7 Å². The zero-order valence-electron chi connectivity index (χ0n) is 30.5. The molecule has 12 heteroatoms. The number of amides is 2. The summed E-state index contributed by atoms with van der Waals surface area (Å²) < 4.78 is 29.2. The lowest BCUT2D eigenvalue weighted by Gasteiger charge is -2.21. The second kappa shape index (κ2) is 13.4. The molecule has 12 nitrogen and oxygen atoms in total. The summed E-state index contributed by atoms with van der Waals surface area (Å²) in [5, 5.41) is 3.48. The van der Waals surface area contributed by atoms with Crippen LogP contribution in [0.15, 0.2) is 78.2 Å². The minimum absolute atomic E-state index is 0.0108. The molecule has 1 saturated heterocycles. The molecule has 1 aliphatic carbocycles. The predicted molar refractivity (Wildman–Crippen MR) is 202 cm³/mol. The summed E-state index contributed by atoms with van der Waals surface area (Å²) in [6.45, 7) is 1.80. The maximum absolute atomic E-state index is 13.8. The fourth-order valence-electron chi connectivity index (χ4n) is 8.03. The number of methoxy groups -OCH3 is 3. The van der Waals surface area contributed by atoms with E-state index in [2.05, 4.69) is 10.3 Å². The van der Waals surface area contributed by atoms with Crippen molar-refractivity contribution in [3.63, 3.8) is 0 Å². The van der Waals surface area contributed by atoms with Crippen molar-refractivity contribution < 1.29 is 33.3 Å². The largest absolute Gasteiger partial charge is 0.497 e. The van der Waals surface area contributed by atoms with E-state index < -0.39 is 0 Å². The SMILES string of the molecule is COc1ccc(C2=CN3C(=O)c4cc(OC)c(OCc5cncc(COc6cc7c(cc6OC)C(=O)N6CC8(CC8)C[C@H]6C=N7)c5)cc4NC[C@@H]3C2)cc1. The number of nitrogens with zero attached hydrogens (tertiary/aromatic N) is 4. The molecule has 1 N–H and O–H groups in total. The highest BCUT2D eigenvalue weighted by Gasteiger charge is 2.53. The Kier molecular flexibility index (Phi) is 8.40. The summed E-state index contributed by atoms with van der Waals surface area (Å²) in [7, 11) is 4.78. The minimum atomic E-state index is -0.0957. The molecule has 54 heavy (non-hydrogen) atoms. The molecule has 0 unspecified atom stereocenters. The molecule has 9 rings (SSSR count). The Morgan fingerprint density at radius 3 is 2.20 bits per heavy atom. The lowest BCUT2D eigenvalue weighted by atomic mass is 10.0. The van der Waals surface area contributed by atoms with Crippen molar-refractivity contribution >= 4 is 35.0 Å². The van der Waals surface area contributed by atoms with Crippen molar-refractivity contribution in [2.24, 2.45) is 10.4 Å². The number of ether oxygens (including phenoxy) is 5. The molecule has 1 aromatic heterocycles. The number of carbonyl (C=O) groups excluding carboxylic acids is 2. The maximum Gasteiger partial charge on any atom is 0.260 e. The van der Waals surface area contributed by atoms with Gasteiger partial charge in [-0.3, -0.25) is 19.6 Å². The molecule has 1 saturated carbocycles. The summed E-state index contributed by atoms with van der Waals surface area (Å²) in [6.07, 6.45) is 11.4. The number of anilines is 1. The molecule has 2 atom stereocenters. The van der Waals surface area contributed by atoms with E-state index in [0.717, 1.165) is 47.4 Å². The third-order valence-corrected chi connectivity index (χ3v) is 11.2. The van der Waals surface area contributed by atoms with Crippen LogP contribution >= 0.6 is 0 Å². The van der Waals surface area contributed by atoms with Gasteiger partial charge in [0.15, 0.2) is 23.0 Å². The first-order chi connectivity index (χ1) is 26.3. The number of rotatable bonds is 10. The van der Waals surface area contributed by atoms with Crippen molar-refractivity contribution in [3.05, 3.63) is 101 Å². The molecule has 2 amide bonds. The fraction of sp³-hybridized carbons (Fsp3) is 0.333.